The Morgan fingerprint density at radius 3 is 2.69 bits per heavy atom. The van der Waals surface area contributed by atoms with Gasteiger partial charge in [0.05, 0.1) is 34.5 Å². The molecule has 6 rings (SSSR count). The maximum Gasteiger partial charge on any atom is 0.239 e. The number of nitriles is 1. The topological polar surface area (TPSA) is 94.4 Å². The van der Waals surface area contributed by atoms with Gasteiger partial charge < -0.3 is 4.90 Å². The van der Waals surface area contributed by atoms with Crippen LogP contribution in [-0.2, 0) is 26.8 Å². The van der Waals surface area contributed by atoms with E-state index in [4.69, 9.17) is 11.6 Å². The number of carbonyl (C=O) groups is 1. The van der Waals surface area contributed by atoms with Crippen LogP contribution in [0.4, 0.5) is 5.69 Å². The van der Waals surface area contributed by atoms with E-state index in [2.05, 4.69) is 11.1 Å². The minimum absolute atomic E-state index is 0.0394. The van der Waals surface area contributed by atoms with E-state index in [1.54, 1.807) is 29.4 Å². The molecule has 1 saturated carbocycles. The number of benzene rings is 2. The number of halogens is 1. The van der Waals surface area contributed by atoms with Crippen LogP contribution in [-0.4, -0.2) is 42.5 Å². The minimum Gasteiger partial charge on any atom is -0.309 e. The van der Waals surface area contributed by atoms with Gasteiger partial charge in [0.1, 0.15) is 0 Å². The minimum atomic E-state index is -3.75. The van der Waals surface area contributed by atoms with Crippen LogP contribution >= 0.6 is 11.6 Å². The van der Waals surface area contributed by atoms with Crippen LogP contribution in [0.5, 0.6) is 0 Å². The average Bonchev–Trinajstić information content (AvgIpc) is 3.55. The summed E-state index contributed by atoms with van der Waals surface area (Å²) < 4.78 is 28.3. The number of pyridine rings is 1. The third-order valence-corrected chi connectivity index (χ3v) is 9.88. The lowest BCUT2D eigenvalue weighted by atomic mass is 9.74. The number of rotatable bonds is 4. The smallest absolute Gasteiger partial charge is 0.239 e. The summed E-state index contributed by atoms with van der Waals surface area (Å²) in [6.07, 6.45) is 5.10. The highest BCUT2D eigenvalue weighted by Crippen LogP contribution is 2.49. The first-order valence-electron chi connectivity index (χ1n) is 11.6. The fourth-order valence-corrected chi connectivity index (χ4v) is 7.71. The molecule has 0 N–H and O–H groups in total. The van der Waals surface area contributed by atoms with Crippen LogP contribution in [0.3, 0.4) is 0 Å². The van der Waals surface area contributed by atoms with E-state index < -0.39 is 20.9 Å². The molecule has 1 saturated heterocycles. The second-order valence-electron chi connectivity index (χ2n) is 9.89. The number of fused-ring (bicyclic) bond motifs is 3. The van der Waals surface area contributed by atoms with E-state index in [-0.39, 0.29) is 24.7 Å². The van der Waals surface area contributed by atoms with Gasteiger partial charge in [-0.15, -0.1) is 0 Å². The fourth-order valence-electron chi connectivity index (χ4n) is 5.55. The summed E-state index contributed by atoms with van der Waals surface area (Å²) in [5.41, 5.74) is 0.434. The van der Waals surface area contributed by atoms with Gasteiger partial charge >= 0.3 is 0 Å². The molecule has 2 aliphatic heterocycles. The first-order valence-corrected chi connectivity index (χ1v) is 13.6. The molecule has 2 aromatic carbocycles. The molecule has 1 aliphatic carbocycles. The maximum absolute atomic E-state index is 14.2. The second-order valence-corrected chi connectivity index (χ2v) is 12.3. The Kier molecular flexibility index (Phi) is 4.98. The Labute approximate surface area is 209 Å². The molecule has 0 radical (unpaired) electrons. The molecule has 3 heterocycles. The standard InChI is InChI=1S/C26H23ClN4O3S/c27-20-6-5-19-14-30(35(33,34)17-25(15-28)7-8-25)16-26(22(19)11-20)9-10-31(24(26)32)23-13-29-12-18-3-1-2-4-21(18)23/h1-6,11-13H,7-10,14,16-17H2/t26-/m0/s1. The van der Waals surface area contributed by atoms with Gasteiger partial charge in [-0.3, -0.25) is 9.78 Å². The lowest BCUT2D eigenvalue weighted by Gasteiger charge is -2.40. The summed E-state index contributed by atoms with van der Waals surface area (Å²) in [6.45, 7) is 0.648. The van der Waals surface area contributed by atoms with E-state index in [0.29, 0.717) is 30.8 Å². The summed E-state index contributed by atoms with van der Waals surface area (Å²) in [7, 11) is -3.75. The van der Waals surface area contributed by atoms with Gasteiger partial charge in [-0.1, -0.05) is 41.9 Å². The molecule has 1 aromatic heterocycles. The lowest BCUT2D eigenvalue weighted by Crippen LogP contribution is -2.53. The SMILES string of the molecule is N#CC1(CS(=O)(=O)N2Cc3ccc(Cl)cc3[C@]3(CCN(c4cncc5ccccc45)C3=O)C2)CC1. The van der Waals surface area contributed by atoms with Crippen LogP contribution in [0.25, 0.3) is 10.8 Å². The summed E-state index contributed by atoms with van der Waals surface area (Å²) in [5.74, 6) is -0.360. The molecule has 0 bridgehead atoms. The third-order valence-electron chi connectivity index (χ3n) is 7.68. The molecule has 35 heavy (non-hydrogen) atoms. The monoisotopic (exact) mass is 506 g/mol. The van der Waals surface area contributed by atoms with Gasteiger partial charge in [0.2, 0.25) is 15.9 Å². The number of nitrogens with zero attached hydrogens (tertiary/aromatic N) is 4. The Morgan fingerprint density at radius 1 is 1.11 bits per heavy atom. The Bertz CT molecular complexity index is 1520. The predicted molar refractivity (Wildman–Crippen MR) is 133 cm³/mol. The van der Waals surface area contributed by atoms with Crippen molar-refractivity contribution in [3.05, 3.63) is 71.0 Å². The molecule has 9 heteroatoms. The number of carbonyl (C=O) groups excluding carboxylic acids is 1. The number of anilines is 1. The fraction of sp³-hybridized carbons (Fsp3) is 0.346. The molecule has 178 valence electrons. The van der Waals surface area contributed by atoms with Crippen molar-refractivity contribution >= 4 is 44.0 Å². The van der Waals surface area contributed by atoms with Gasteiger partial charge in [0, 0.05) is 41.6 Å². The van der Waals surface area contributed by atoms with E-state index in [9.17, 15) is 18.5 Å². The van der Waals surface area contributed by atoms with Crippen molar-refractivity contribution in [1.82, 2.24) is 9.29 Å². The molecule has 0 unspecified atom stereocenters. The van der Waals surface area contributed by atoms with Gasteiger partial charge in [0.25, 0.3) is 0 Å². The Hall–Kier alpha value is -2.99. The second kappa shape index (κ2) is 7.76. The first-order chi connectivity index (χ1) is 16.8. The zero-order valence-electron chi connectivity index (χ0n) is 18.9. The highest BCUT2D eigenvalue weighted by atomic mass is 35.5. The molecule has 2 fully saturated rings. The number of hydrogen-bond donors (Lipinski definition) is 0. The van der Waals surface area contributed by atoms with Crippen LogP contribution in [0.2, 0.25) is 5.02 Å². The molecule has 1 spiro atoms. The largest absolute Gasteiger partial charge is 0.309 e. The van der Waals surface area contributed by atoms with Crippen molar-refractivity contribution < 1.29 is 13.2 Å². The normalized spacial score (nSPS) is 23.4. The maximum atomic E-state index is 14.2. The van der Waals surface area contributed by atoms with Crippen molar-refractivity contribution in [2.75, 3.05) is 23.7 Å². The quantitative estimate of drug-likeness (QED) is 0.533. The van der Waals surface area contributed by atoms with Gasteiger partial charge in [-0.2, -0.15) is 9.57 Å². The summed E-state index contributed by atoms with van der Waals surface area (Å²) in [4.78, 5) is 20.3. The summed E-state index contributed by atoms with van der Waals surface area (Å²) in [5, 5.41) is 11.9. The van der Waals surface area contributed by atoms with Crippen molar-refractivity contribution in [2.45, 2.75) is 31.2 Å². The highest BCUT2D eigenvalue weighted by Gasteiger charge is 2.56. The molecule has 1 amide bonds. The van der Waals surface area contributed by atoms with E-state index in [1.807, 2.05) is 30.3 Å². The summed E-state index contributed by atoms with van der Waals surface area (Å²) in [6, 6.07) is 15.3. The molecular weight excluding hydrogens is 484 g/mol. The van der Waals surface area contributed by atoms with Crippen molar-refractivity contribution in [1.29, 1.82) is 5.26 Å². The molecule has 1 atom stereocenters. The highest BCUT2D eigenvalue weighted by molar-refractivity contribution is 7.89. The summed E-state index contributed by atoms with van der Waals surface area (Å²) >= 11 is 6.36. The van der Waals surface area contributed by atoms with E-state index in [1.165, 1.54) is 4.31 Å². The van der Waals surface area contributed by atoms with Gasteiger partial charge in [0.15, 0.2) is 0 Å². The molecule has 3 aliphatic rings. The van der Waals surface area contributed by atoms with Crippen LogP contribution in [0.1, 0.15) is 30.4 Å². The molecule has 3 aromatic rings. The van der Waals surface area contributed by atoms with E-state index in [0.717, 1.165) is 27.6 Å². The van der Waals surface area contributed by atoms with Gasteiger partial charge in [-0.25, -0.2) is 8.42 Å². The Morgan fingerprint density at radius 2 is 1.91 bits per heavy atom. The zero-order chi connectivity index (χ0) is 24.4. The van der Waals surface area contributed by atoms with Crippen molar-refractivity contribution in [3.63, 3.8) is 0 Å². The van der Waals surface area contributed by atoms with Crippen molar-refractivity contribution in [2.24, 2.45) is 5.41 Å². The number of sulfonamides is 1. The number of hydrogen-bond acceptors (Lipinski definition) is 5. The molecular formula is C26H23ClN4O3S. The van der Waals surface area contributed by atoms with Crippen LogP contribution in [0.15, 0.2) is 54.9 Å². The third kappa shape index (κ3) is 3.53. The zero-order valence-corrected chi connectivity index (χ0v) is 20.5. The lowest BCUT2D eigenvalue weighted by molar-refractivity contribution is -0.122. The number of amides is 1. The van der Waals surface area contributed by atoms with Crippen molar-refractivity contribution in [3.8, 4) is 6.07 Å². The van der Waals surface area contributed by atoms with Gasteiger partial charge in [-0.05, 0) is 42.5 Å². The first kappa shape index (κ1) is 22.5. The average molecular weight is 507 g/mol. The predicted octanol–water partition coefficient (Wildman–Crippen LogP) is 4.01. The van der Waals surface area contributed by atoms with Crippen LogP contribution < -0.4 is 4.90 Å². The van der Waals surface area contributed by atoms with Crippen LogP contribution in [0, 0.1) is 16.7 Å². The van der Waals surface area contributed by atoms with E-state index >= 15 is 0 Å². The molecule has 7 nitrogen and oxygen atoms in total. The Balaban J connectivity index is 1.43. The number of aromatic nitrogens is 1.